The molecule has 0 fully saturated rings. The third-order valence-electron chi connectivity index (χ3n) is 0. The molecule has 0 heterocycles. The molecule has 0 aromatic heterocycles. The first-order valence-electron chi connectivity index (χ1n) is 1.96. The van der Waals surface area contributed by atoms with Crippen LogP contribution in [-0.4, -0.2) is 38.9 Å². The van der Waals surface area contributed by atoms with Crippen LogP contribution >= 0.6 is 0 Å². The molecule has 0 radical (unpaired) electrons. The van der Waals surface area contributed by atoms with Crippen LogP contribution in [0.15, 0.2) is 0 Å². The first-order chi connectivity index (χ1) is 6.00. The summed E-state index contributed by atoms with van der Waals surface area (Å²) in [4.78, 5) is 0. The molecule has 104 valence electrons. The smallest absolute Gasteiger partial charge is 0.722 e. The topological polar surface area (TPSA) is 172 Å². The van der Waals surface area contributed by atoms with Crippen molar-refractivity contribution in [3.8, 4) is 0 Å². The van der Waals surface area contributed by atoms with Crippen LogP contribution in [0, 0.1) is 37.7 Å². The molecule has 0 N–H and O–H groups in total. The van der Waals surface area contributed by atoms with Gasteiger partial charge in [0.25, 0.3) is 31.5 Å². The molecule has 0 atom stereocenters. The maximum Gasteiger partial charge on any atom is 3.00 e. The van der Waals surface area contributed by atoms with E-state index in [1.807, 2.05) is 0 Å². The Morgan fingerprint density at radius 1 is 0.562 bits per heavy atom. The van der Waals surface area contributed by atoms with Crippen LogP contribution in [0.4, 0.5) is 11.7 Å². The van der Waals surface area contributed by atoms with Gasteiger partial charge in [0.2, 0.25) is 0 Å². The van der Waals surface area contributed by atoms with Gasteiger partial charge < -0.3 is 13.7 Å². The van der Waals surface area contributed by atoms with Crippen molar-refractivity contribution in [1.82, 2.24) is 0 Å². The summed E-state index contributed by atoms with van der Waals surface area (Å²) < 4.78 is 106. The molecule has 0 spiro atoms. The molecule has 16 heteroatoms. The van der Waals surface area contributed by atoms with Crippen molar-refractivity contribution >= 4 is 31.5 Å². The van der Waals surface area contributed by atoms with E-state index in [0.29, 0.717) is 0 Å². The molecule has 0 bridgehead atoms. The van der Waals surface area contributed by atoms with E-state index in [2.05, 4.69) is 0 Å². The Kier molecular flexibility index (Phi) is 15.6. The van der Waals surface area contributed by atoms with Crippen molar-refractivity contribution in [3.05, 3.63) is 0 Å². The fourth-order valence-electron chi connectivity index (χ4n) is 0. The average Bonchev–Trinajstić information content (AvgIpc) is 1.41. The van der Waals surface area contributed by atoms with Crippen LogP contribution in [0.2, 0.25) is 0 Å². The summed E-state index contributed by atoms with van der Waals surface area (Å²) in [7, 11) is -16.2. The van der Waals surface area contributed by atoms with E-state index in [-0.39, 0.29) is 37.7 Å². The molecule has 0 unspecified atom stereocenters. The average molecular weight is 462 g/mol. The quantitative estimate of drug-likeness (QED) is 0.230. The minimum absolute atomic E-state index is 0. The van der Waals surface area contributed by atoms with Gasteiger partial charge >= 0.3 is 37.7 Å². The summed E-state index contributed by atoms with van der Waals surface area (Å²) in [5, 5.41) is 0. The molecule has 0 aromatic carbocycles. The summed E-state index contributed by atoms with van der Waals surface area (Å²) in [6.45, 7) is 0. The number of hydrogen-bond donors (Lipinski definition) is 0. The van der Waals surface area contributed by atoms with Crippen LogP contribution < -0.4 is 0 Å². The van der Waals surface area contributed by atoms with Gasteiger partial charge in [-0.15, -0.1) is 11.7 Å². The Balaban J connectivity index is -0.0000000655. The molecule has 16 heavy (non-hydrogen) atoms. The van der Waals surface area contributed by atoms with E-state index in [1.165, 1.54) is 0 Å². The van der Waals surface area contributed by atoms with E-state index in [4.69, 9.17) is 38.9 Å². The maximum atomic E-state index is 10.1. The summed E-state index contributed by atoms with van der Waals surface area (Å²) in [6.07, 6.45) is 0. The SMILES string of the molecule is O=S(=O)([O-])F.O=S(=O)([O-])F.O=S(=O)([O-])F.[Ho+3]. The van der Waals surface area contributed by atoms with Gasteiger partial charge in [0.05, 0.1) is 0 Å². The Morgan fingerprint density at radius 2 is 0.562 bits per heavy atom. The zero-order chi connectivity index (χ0) is 13.5. The molecule has 0 amide bonds. The van der Waals surface area contributed by atoms with Gasteiger partial charge in [-0.2, -0.15) is 0 Å². The van der Waals surface area contributed by atoms with Crippen molar-refractivity contribution < 1.29 is 88.3 Å². The molecule has 0 rings (SSSR count). The van der Waals surface area contributed by atoms with Gasteiger partial charge in [-0.05, 0) is 0 Å². The van der Waals surface area contributed by atoms with Gasteiger partial charge in [0, 0.05) is 0 Å². The van der Waals surface area contributed by atoms with Gasteiger partial charge in [0.1, 0.15) is 0 Å². The van der Waals surface area contributed by atoms with Crippen molar-refractivity contribution in [2.75, 3.05) is 0 Å². The third kappa shape index (κ3) is 4620. The Bertz CT molecular complexity index is 347. The minimum atomic E-state index is -5.42. The van der Waals surface area contributed by atoms with Crippen LogP contribution in [0.25, 0.3) is 0 Å². The summed E-state index contributed by atoms with van der Waals surface area (Å²) >= 11 is 0. The fraction of sp³-hybridized carbons (Fsp3) is 0. The second kappa shape index (κ2) is 9.77. The third-order valence-corrected chi connectivity index (χ3v) is 0. The van der Waals surface area contributed by atoms with E-state index < -0.39 is 31.5 Å². The summed E-state index contributed by atoms with van der Waals surface area (Å²) in [6, 6.07) is 0. The van der Waals surface area contributed by atoms with Gasteiger partial charge in [-0.3, -0.25) is 0 Å². The number of hydrogen-bond acceptors (Lipinski definition) is 9. The normalized spacial score (nSPS) is 10.9. The molecule has 0 aliphatic heterocycles. The molecule has 0 saturated heterocycles. The van der Waals surface area contributed by atoms with E-state index in [9.17, 15) is 11.7 Å². The standard InChI is InChI=1S/3FHO3S.Ho/c3*1-5(2,3)4;/h3*(H,2,3,4);/q;;;+3/p-3. The van der Waals surface area contributed by atoms with E-state index in [0.717, 1.165) is 0 Å². The molecule has 0 aromatic rings. The van der Waals surface area contributed by atoms with Crippen LogP contribution in [0.1, 0.15) is 0 Å². The number of rotatable bonds is 0. The minimum Gasteiger partial charge on any atom is -0.722 e. The predicted octanol–water partition coefficient (Wildman–Crippen LogP) is -1.75. The fourth-order valence-corrected chi connectivity index (χ4v) is 0. The largest absolute Gasteiger partial charge is 3.00 e. The van der Waals surface area contributed by atoms with Crippen LogP contribution in [-0.2, 0) is 31.5 Å². The zero-order valence-electron chi connectivity index (χ0n) is 6.33. The Labute approximate surface area is 119 Å². The Hall–Kier alpha value is 0.780. The first kappa shape index (κ1) is 25.6. The van der Waals surface area contributed by atoms with Crippen molar-refractivity contribution in [2.24, 2.45) is 0 Å². The monoisotopic (exact) mass is 462 g/mol. The van der Waals surface area contributed by atoms with Gasteiger partial charge in [0.15, 0.2) is 0 Å². The van der Waals surface area contributed by atoms with Crippen molar-refractivity contribution in [1.29, 1.82) is 0 Å². The van der Waals surface area contributed by atoms with Crippen molar-refractivity contribution in [2.45, 2.75) is 0 Å². The first-order valence-corrected chi connectivity index (χ1v) is 5.89. The molecule has 0 aliphatic carbocycles. The molecular formula is F3HoO9S3. The molecule has 9 nitrogen and oxygen atoms in total. The summed E-state index contributed by atoms with van der Waals surface area (Å²) in [5.74, 6) is 0. The van der Waals surface area contributed by atoms with Gasteiger partial charge in [-0.25, -0.2) is 25.3 Å². The van der Waals surface area contributed by atoms with Crippen LogP contribution in [0.3, 0.4) is 0 Å². The van der Waals surface area contributed by atoms with Crippen LogP contribution in [0.5, 0.6) is 0 Å². The second-order valence-corrected chi connectivity index (χ2v) is 3.54. The molecule has 0 aliphatic rings. The second-order valence-electron chi connectivity index (χ2n) is 1.18. The van der Waals surface area contributed by atoms with Gasteiger partial charge in [-0.1, -0.05) is 0 Å². The Morgan fingerprint density at radius 3 is 0.562 bits per heavy atom. The maximum absolute atomic E-state index is 10.1. The molecular weight excluding hydrogens is 462 g/mol. The number of halogens is 3. The molecule has 0 saturated carbocycles. The zero-order valence-corrected chi connectivity index (χ0v) is 10.7. The van der Waals surface area contributed by atoms with E-state index >= 15 is 0 Å². The summed E-state index contributed by atoms with van der Waals surface area (Å²) in [5.41, 5.74) is 0. The van der Waals surface area contributed by atoms with Crippen molar-refractivity contribution in [3.63, 3.8) is 0 Å². The van der Waals surface area contributed by atoms with E-state index in [1.54, 1.807) is 0 Å². The predicted molar refractivity (Wildman–Crippen MR) is 32.4 cm³/mol.